The molecule has 6 rings (SSSR count). The van der Waals surface area contributed by atoms with Gasteiger partial charge in [-0.25, -0.2) is 9.18 Å². The molecule has 2 amide bonds. The Hall–Kier alpha value is -3.99. The highest BCUT2D eigenvalue weighted by Crippen LogP contribution is 2.34. The van der Waals surface area contributed by atoms with Crippen LogP contribution in [0.15, 0.2) is 41.3 Å². The Bertz CT molecular complexity index is 1420. The highest BCUT2D eigenvalue weighted by atomic mass is 19.1. The van der Waals surface area contributed by atoms with E-state index >= 15 is 0 Å². The highest BCUT2D eigenvalue weighted by molar-refractivity contribution is 5.97. The Morgan fingerprint density at radius 1 is 1.17 bits per heavy atom. The number of nitrogens with zero attached hydrogens (tertiary/aromatic N) is 3. The van der Waals surface area contributed by atoms with Gasteiger partial charge in [0.2, 0.25) is 0 Å². The van der Waals surface area contributed by atoms with Gasteiger partial charge in [0.15, 0.2) is 6.61 Å². The summed E-state index contributed by atoms with van der Waals surface area (Å²) in [6.07, 6.45) is 1.01. The van der Waals surface area contributed by atoms with E-state index in [0.717, 1.165) is 0 Å². The van der Waals surface area contributed by atoms with Crippen molar-refractivity contribution in [1.29, 1.82) is 0 Å². The Morgan fingerprint density at radius 3 is 2.94 bits per heavy atom. The SMILES string of the molecule is O=C1COc2ccc(N3C[C@@H](CCNCC4Cn5c(=O)ccc6ncc(F)c4c65)OC3=O)cc2N1. The van der Waals surface area contributed by atoms with Gasteiger partial charge in [0.1, 0.15) is 17.7 Å². The Balaban J connectivity index is 1.06. The number of hydrogen-bond acceptors (Lipinski definition) is 7. The zero-order valence-corrected chi connectivity index (χ0v) is 18.6. The summed E-state index contributed by atoms with van der Waals surface area (Å²) < 4.78 is 27.0. The maximum atomic E-state index is 14.6. The number of amides is 2. The van der Waals surface area contributed by atoms with E-state index in [2.05, 4.69) is 15.6 Å². The number of halogens is 1. The number of hydrogen-bond donors (Lipinski definition) is 2. The molecule has 2 atom stereocenters. The third-order valence-electron chi connectivity index (χ3n) is 6.62. The lowest BCUT2D eigenvalue weighted by Gasteiger charge is -2.20. The third-order valence-corrected chi connectivity index (χ3v) is 6.62. The summed E-state index contributed by atoms with van der Waals surface area (Å²) in [5.74, 6) is -0.287. The number of aromatic nitrogens is 2. The van der Waals surface area contributed by atoms with Crippen LogP contribution in [0.25, 0.3) is 11.0 Å². The lowest BCUT2D eigenvalue weighted by Crippen LogP contribution is -2.29. The minimum absolute atomic E-state index is 0.0322. The van der Waals surface area contributed by atoms with Crippen molar-refractivity contribution in [2.24, 2.45) is 0 Å². The van der Waals surface area contributed by atoms with E-state index in [0.29, 0.717) is 66.3 Å². The van der Waals surface area contributed by atoms with E-state index in [1.807, 2.05) is 0 Å². The highest BCUT2D eigenvalue weighted by Gasteiger charge is 2.33. The molecule has 0 spiro atoms. The number of rotatable bonds is 6. The Morgan fingerprint density at radius 2 is 2.06 bits per heavy atom. The van der Waals surface area contributed by atoms with Crippen molar-refractivity contribution in [2.75, 3.05) is 36.5 Å². The first-order chi connectivity index (χ1) is 17.0. The monoisotopic (exact) mass is 479 g/mol. The first-order valence-electron chi connectivity index (χ1n) is 11.4. The number of nitrogens with one attached hydrogen (secondary N) is 2. The summed E-state index contributed by atoms with van der Waals surface area (Å²) in [4.78, 5) is 41.9. The van der Waals surface area contributed by atoms with Gasteiger partial charge >= 0.3 is 6.09 Å². The van der Waals surface area contributed by atoms with Gasteiger partial charge < -0.3 is 24.7 Å². The van der Waals surface area contributed by atoms with Gasteiger partial charge in [-0.05, 0) is 37.2 Å². The van der Waals surface area contributed by atoms with Crippen LogP contribution in [0, 0.1) is 5.82 Å². The molecular weight excluding hydrogens is 457 g/mol. The maximum absolute atomic E-state index is 14.6. The van der Waals surface area contributed by atoms with Crippen molar-refractivity contribution in [3.8, 4) is 5.75 Å². The van der Waals surface area contributed by atoms with Crippen molar-refractivity contribution in [3.05, 3.63) is 58.3 Å². The molecule has 2 aromatic heterocycles. The summed E-state index contributed by atoms with van der Waals surface area (Å²) >= 11 is 0. The molecule has 1 unspecified atom stereocenters. The summed E-state index contributed by atoms with van der Waals surface area (Å²) in [6, 6.07) is 8.24. The molecule has 2 N–H and O–H groups in total. The van der Waals surface area contributed by atoms with E-state index in [1.165, 1.54) is 17.2 Å². The van der Waals surface area contributed by atoms with Gasteiger partial charge in [0.05, 0.1) is 29.5 Å². The Labute approximate surface area is 198 Å². The first-order valence-corrected chi connectivity index (χ1v) is 11.4. The molecule has 11 heteroatoms. The smallest absolute Gasteiger partial charge is 0.414 e. The molecule has 35 heavy (non-hydrogen) atoms. The van der Waals surface area contributed by atoms with Gasteiger partial charge in [-0.1, -0.05) is 0 Å². The number of cyclic esters (lactones) is 1. The largest absolute Gasteiger partial charge is 0.482 e. The fraction of sp³-hybridized carbons (Fsp3) is 0.333. The molecule has 0 aliphatic carbocycles. The molecule has 180 valence electrons. The van der Waals surface area contributed by atoms with E-state index in [1.54, 1.807) is 28.8 Å². The van der Waals surface area contributed by atoms with E-state index in [-0.39, 0.29) is 30.1 Å². The second-order valence-electron chi connectivity index (χ2n) is 8.86. The van der Waals surface area contributed by atoms with Gasteiger partial charge in [-0.2, -0.15) is 0 Å². The van der Waals surface area contributed by atoms with Gasteiger partial charge in [0.25, 0.3) is 11.5 Å². The van der Waals surface area contributed by atoms with Crippen molar-refractivity contribution < 1.29 is 23.5 Å². The quantitative estimate of drug-likeness (QED) is 0.520. The number of pyridine rings is 2. The van der Waals surface area contributed by atoms with Crippen LogP contribution in [0.3, 0.4) is 0 Å². The number of carbonyl (C=O) groups excluding carboxylic acids is 2. The predicted molar refractivity (Wildman–Crippen MR) is 124 cm³/mol. The fourth-order valence-electron chi connectivity index (χ4n) is 4.97. The summed E-state index contributed by atoms with van der Waals surface area (Å²) in [6.45, 7) is 1.77. The average Bonchev–Trinajstić information content (AvgIpc) is 3.42. The summed E-state index contributed by atoms with van der Waals surface area (Å²) in [7, 11) is 0. The zero-order chi connectivity index (χ0) is 24.1. The number of ether oxygens (including phenoxy) is 2. The van der Waals surface area contributed by atoms with Gasteiger partial charge in [-0.3, -0.25) is 19.5 Å². The van der Waals surface area contributed by atoms with Crippen LogP contribution in [-0.2, 0) is 16.1 Å². The second-order valence-corrected chi connectivity index (χ2v) is 8.86. The molecule has 10 nitrogen and oxygen atoms in total. The molecule has 1 fully saturated rings. The molecule has 0 saturated carbocycles. The van der Waals surface area contributed by atoms with E-state index in [9.17, 15) is 18.8 Å². The molecule has 0 radical (unpaired) electrons. The molecule has 3 aromatic rings. The zero-order valence-electron chi connectivity index (χ0n) is 18.6. The van der Waals surface area contributed by atoms with Crippen LogP contribution in [0.5, 0.6) is 5.75 Å². The van der Waals surface area contributed by atoms with Crippen molar-refractivity contribution in [3.63, 3.8) is 0 Å². The number of carbonyl (C=O) groups is 2. The van der Waals surface area contributed by atoms with Crippen molar-refractivity contribution >= 4 is 34.4 Å². The van der Waals surface area contributed by atoms with Crippen molar-refractivity contribution in [2.45, 2.75) is 25.0 Å². The Kier molecular flexibility index (Phi) is 5.14. The molecule has 1 saturated heterocycles. The number of fused-ring (bicyclic) bond motifs is 1. The molecule has 3 aliphatic rings. The lowest BCUT2D eigenvalue weighted by molar-refractivity contribution is -0.118. The third kappa shape index (κ3) is 3.77. The van der Waals surface area contributed by atoms with Crippen molar-refractivity contribution in [1.82, 2.24) is 14.9 Å². The van der Waals surface area contributed by atoms with Crippen LogP contribution >= 0.6 is 0 Å². The molecule has 1 aromatic carbocycles. The first kappa shape index (κ1) is 21.5. The standard InChI is InChI=1S/C24H22FN5O5/c25-16-9-27-17-2-4-21(32)30-10-13(22(16)23(17)30)8-26-6-5-15-11-29(24(33)35-15)14-1-3-19-18(7-14)28-20(31)12-34-19/h1-4,7,9,13,15,26H,5-6,8,10-12H2,(H,28,31)/t13?,15-/m1/s1. The van der Waals surface area contributed by atoms with Crippen LogP contribution in [0.1, 0.15) is 17.9 Å². The topological polar surface area (TPSA) is 115 Å². The number of anilines is 2. The molecule has 5 heterocycles. The molecular formula is C24H22FN5O5. The summed E-state index contributed by atoms with van der Waals surface area (Å²) in [5.41, 5.74) is 2.65. The minimum atomic E-state index is -0.454. The van der Waals surface area contributed by atoms with E-state index < -0.39 is 11.9 Å². The van der Waals surface area contributed by atoms with Crippen LogP contribution in [0.4, 0.5) is 20.6 Å². The minimum Gasteiger partial charge on any atom is -0.482 e. The van der Waals surface area contributed by atoms with Gasteiger partial charge in [-0.15, -0.1) is 0 Å². The lowest BCUT2D eigenvalue weighted by atomic mass is 10.0. The van der Waals surface area contributed by atoms with E-state index in [4.69, 9.17) is 9.47 Å². The average molecular weight is 479 g/mol. The molecule has 0 bridgehead atoms. The number of benzene rings is 1. The fourth-order valence-corrected chi connectivity index (χ4v) is 4.97. The summed E-state index contributed by atoms with van der Waals surface area (Å²) in [5, 5.41) is 6.05. The van der Waals surface area contributed by atoms with Gasteiger partial charge in [0, 0.05) is 36.3 Å². The van der Waals surface area contributed by atoms with Crippen LogP contribution in [0.2, 0.25) is 0 Å². The van der Waals surface area contributed by atoms with Crippen LogP contribution in [-0.4, -0.2) is 53.9 Å². The van der Waals surface area contributed by atoms with Crippen LogP contribution < -0.4 is 25.8 Å². The second kappa shape index (κ2) is 8.35. The predicted octanol–water partition coefficient (Wildman–Crippen LogP) is 1.97. The normalized spacial score (nSPS) is 20.5. The maximum Gasteiger partial charge on any atom is 0.414 e. The molecule has 3 aliphatic heterocycles.